The summed E-state index contributed by atoms with van der Waals surface area (Å²) in [5.74, 6) is 0.490. The number of nitrogens with zero attached hydrogens (tertiary/aromatic N) is 1. The van der Waals surface area contributed by atoms with Gasteiger partial charge in [0.1, 0.15) is 5.78 Å². The lowest BCUT2D eigenvalue weighted by Gasteiger charge is -2.26. The summed E-state index contributed by atoms with van der Waals surface area (Å²) in [6, 6.07) is 0.944. The molecular formula is C10H17NO. The molecule has 1 aliphatic carbocycles. The van der Waals surface area contributed by atoms with E-state index in [0.29, 0.717) is 17.9 Å². The van der Waals surface area contributed by atoms with E-state index in [1.807, 2.05) is 0 Å². The first-order valence-corrected chi connectivity index (χ1v) is 5.07. The highest BCUT2D eigenvalue weighted by Gasteiger charge is 2.34. The van der Waals surface area contributed by atoms with Crippen LogP contribution in [0.15, 0.2) is 0 Å². The Kier molecular flexibility index (Phi) is 2.18. The van der Waals surface area contributed by atoms with Gasteiger partial charge in [0.05, 0.1) is 6.04 Å². The Morgan fingerprint density at radius 2 is 2.17 bits per heavy atom. The molecule has 0 spiro atoms. The zero-order valence-corrected chi connectivity index (χ0v) is 7.75. The predicted molar refractivity (Wildman–Crippen MR) is 48.0 cm³/mol. The summed E-state index contributed by atoms with van der Waals surface area (Å²) in [7, 11) is 0. The summed E-state index contributed by atoms with van der Waals surface area (Å²) in [6.45, 7) is 3.40. The van der Waals surface area contributed by atoms with Gasteiger partial charge in [-0.1, -0.05) is 0 Å². The molecule has 0 N–H and O–H groups in total. The molecule has 1 saturated carbocycles. The van der Waals surface area contributed by atoms with Crippen LogP contribution in [0.25, 0.3) is 0 Å². The Balaban J connectivity index is 2.03. The van der Waals surface area contributed by atoms with Gasteiger partial charge in [-0.2, -0.15) is 0 Å². The van der Waals surface area contributed by atoms with E-state index >= 15 is 0 Å². The fraction of sp³-hybridized carbons (Fsp3) is 0.900. The fourth-order valence-corrected chi connectivity index (χ4v) is 2.57. The summed E-state index contributed by atoms with van der Waals surface area (Å²) in [6.07, 6.45) is 5.62. The third-order valence-electron chi connectivity index (χ3n) is 3.28. The number of ketones is 1. The molecule has 1 saturated heterocycles. The van der Waals surface area contributed by atoms with Gasteiger partial charge in [-0.05, 0) is 39.2 Å². The third kappa shape index (κ3) is 1.28. The van der Waals surface area contributed by atoms with Crippen molar-refractivity contribution < 1.29 is 4.79 Å². The first-order chi connectivity index (χ1) is 5.79. The molecule has 1 aliphatic heterocycles. The lowest BCUT2D eigenvalue weighted by atomic mass is 10.1. The van der Waals surface area contributed by atoms with Crippen molar-refractivity contribution in [2.24, 2.45) is 0 Å². The second-order valence-corrected chi connectivity index (χ2v) is 4.10. The smallest absolute Gasteiger partial charge is 0.149 e. The SMILES string of the molecule is CC1CCCN1C1CCCC1=O. The molecule has 2 unspecified atom stereocenters. The summed E-state index contributed by atoms with van der Waals surface area (Å²) >= 11 is 0. The summed E-state index contributed by atoms with van der Waals surface area (Å²) in [5.41, 5.74) is 0. The van der Waals surface area contributed by atoms with Gasteiger partial charge in [0.2, 0.25) is 0 Å². The van der Waals surface area contributed by atoms with Crippen molar-refractivity contribution in [1.29, 1.82) is 0 Å². The average molecular weight is 167 g/mol. The van der Waals surface area contributed by atoms with Crippen LogP contribution >= 0.6 is 0 Å². The molecule has 2 atom stereocenters. The van der Waals surface area contributed by atoms with Crippen molar-refractivity contribution in [3.8, 4) is 0 Å². The molecule has 0 aromatic carbocycles. The van der Waals surface area contributed by atoms with Crippen molar-refractivity contribution >= 4 is 5.78 Å². The van der Waals surface area contributed by atoms with Crippen LogP contribution < -0.4 is 0 Å². The van der Waals surface area contributed by atoms with Crippen molar-refractivity contribution in [2.45, 2.75) is 51.1 Å². The number of hydrogen-bond acceptors (Lipinski definition) is 2. The minimum atomic E-state index is 0.294. The van der Waals surface area contributed by atoms with Gasteiger partial charge in [-0.25, -0.2) is 0 Å². The Labute approximate surface area is 73.9 Å². The first-order valence-electron chi connectivity index (χ1n) is 5.07. The number of carbonyl (C=O) groups is 1. The molecule has 2 aliphatic rings. The first kappa shape index (κ1) is 8.24. The Morgan fingerprint density at radius 3 is 2.67 bits per heavy atom. The lowest BCUT2D eigenvalue weighted by Crippen LogP contribution is -2.40. The maximum atomic E-state index is 11.5. The number of hydrogen-bond donors (Lipinski definition) is 0. The van der Waals surface area contributed by atoms with Gasteiger partial charge in [0, 0.05) is 12.5 Å². The van der Waals surface area contributed by atoms with E-state index in [-0.39, 0.29) is 0 Å². The van der Waals surface area contributed by atoms with Gasteiger partial charge in [0.25, 0.3) is 0 Å². The molecule has 0 amide bonds. The zero-order chi connectivity index (χ0) is 8.55. The summed E-state index contributed by atoms with van der Waals surface area (Å²) in [4.78, 5) is 13.9. The molecule has 0 aromatic rings. The Bertz CT molecular complexity index is 190. The molecule has 2 fully saturated rings. The largest absolute Gasteiger partial charge is 0.298 e. The molecular weight excluding hydrogens is 150 g/mol. The van der Waals surface area contributed by atoms with Crippen LogP contribution in [-0.4, -0.2) is 29.3 Å². The minimum Gasteiger partial charge on any atom is -0.298 e. The van der Waals surface area contributed by atoms with E-state index in [1.165, 1.54) is 12.8 Å². The highest BCUT2D eigenvalue weighted by atomic mass is 16.1. The van der Waals surface area contributed by atoms with Crippen molar-refractivity contribution in [3.05, 3.63) is 0 Å². The van der Waals surface area contributed by atoms with Crippen molar-refractivity contribution in [1.82, 2.24) is 4.90 Å². The fourth-order valence-electron chi connectivity index (χ4n) is 2.57. The molecule has 0 bridgehead atoms. The summed E-state index contributed by atoms with van der Waals surface area (Å²) in [5, 5.41) is 0. The Hall–Kier alpha value is -0.370. The molecule has 0 radical (unpaired) electrons. The number of Topliss-reactive ketones (excluding diaryl/α,β-unsaturated/α-hetero) is 1. The van der Waals surface area contributed by atoms with E-state index < -0.39 is 0 Å². The van der Waals surface area contributed by atoms with Crippen LogP contribution in [0.4, 0.5) is 0 Å². The van der Waals surface area contributed by atoms with E-state index in [0.717, 1.165) is 25.8 Å². The van der Waals surface area contributed by atoms with Crippen LogP contribution in [0.1, 0.15) is 39.0 Å². The number of likely N-dealkylation sites (tertiary alicyclic amines) is 1. The minimum absolute atomic E-state index is 0.294. The van der Waals surface area contributed by atoms with Crippen molar-refractivity contribution in [2.75, 3.05) is 6.54 Å². The second-order valence-electron chi connectivity index (χ2n) is 4.10. The van der Waals surface area contributed by atoms with E-state index in [1.54, 1.807) is 0 Å². The van der Waals surface area contributed by atoms with Crippen LogP contribution in [0, 0.1) is 0 Å². The molecule has 12 heavy (non-hydrogen) atoms. The number of carbonyl (C=O) groups excluding carboxylic acids is 1. The topological polar surface area (TPSA) is 20.3 Å². The molecule has 2 heteroatoms. The maximum Gasteiger partial charge on any atom is 0.149 e. The van der Waals surface area contributed by atoms with Crippen LogP contribution in [0.3, 0.4) is 0 Å². The van der Waals surface area contributed by atoms with Gasteiger partial charge in [-0.3, -0.25) is 9.69 Å². The van der Waals surface area contributed by atoms with Crippen LogP contribution in [-0.2, 0) is 4.79 Å². The Morgan fingerprint density at radius 1 is 1.33 bits per heavy atom. The maximum absolute atomic E-state index is 11.5. The second kappa shape index (κ2) is 3.17. The van der Waals surface area contributed by atoms with E-state index in [2.05, 4.69) is 11.8 Å². The van der Waals surface area contributed by atoms with Gasteiger partial charge < -0.3 is 0 Å². The third-order valence-corrected chi connectivity index (χ3v) is 3.28. The van der Waals surface area contributed by atoms with Crippen molar-refractivity contribution in [3.63, 3.8) is 0 Å². The normalized spacial score (nSPS) is 37.9. The van der Waals surface area contributed by atoms with Gasteiger partial charge >= 0.3 is 0 Å². The standard InChI is InChI=1S/C10H17NO/c1-8-4-3-7-11(8)9-5-2-6-10(9)12/h8-9H,2-7H2,1H3. The number of rotatable bonds is 1. The van der Waals surface area contributed by atoms with E-state index in [4.69, 9.17) is 0 Å². The monoisotopic (exact) mass is 167 g/mol. The molecule has 1 heterocycles. The molecule has 2 nitrogen and oxygen atoms in total. The average Bonchev–Trinajstić information content (AvgIpc) is 2.59. The lowest BCUT2D eigenvalue weighted by molar-refractivity contribution is -0.122. The van der Waals surface area contributed by atoms with E-state index in [9.17, 15) is 4.79 Å². The highest BCUT2D eigenvalue weighted by molar-refractivity contribution is 5.85. The highest BCUT2D eigenvalue weighted by Crippen LogP contribution is 2.27. The molecule has 68 valence electrons. The van der Waals surface area contributed by atoms with Crippen LogP contribution in [0.5, 0.6) is 0 Å². The quantitative estimate of drug-likeness (QED) is 0.591. The summed E-state index contributed by atoms with van der Waals surface area (Å²) < 4.78 is 0. The van der Waals surface area contributed by atoms with Gasteiger partial charge in [-0.15, -0.1) is 0 Å². The van der Waals surface area contributed by atoms with Gasteiger partial charge in [0.15, 0.2) is 0 Å². The molecule has 0 aromatic heterocycles. The molecule has 2 rings (SSSR count). The zero-order valence-electron chi connectivity index (χ0n) is 7.75. The van der Waals surface area contributed by atoms with Crippen LogP contribution in [0.2, 0.25) is 0 Å². The predicted octanol–water partition coefficient (Wildman–Crippen LogP) is 1.59.